The summed E-state index contributed by atoms with van der Waals surface area (Å²) in [4.78, 5) is 2.22. The van der Waals surface area contributed by atoms with Gasteiger partial charge in [0, 0.05) is 25.7 Å². The van der Waals surface area contributed by atoms with Crippen LogP contribution in [0, 0.1) is 11.3 Å². The number of aromatic nitrogens is 2. The minimum Gasteiger partial charge on any atom is -0.396 e. The van der Waals surface area contributed by atoms with Gasteiger partial charge < -0.3 is 10.6 Å². The number of nitrogens with two attached hydrogens (primary N) is 1. The highest BCUT2D eigenvalue weighted by molar-refractivity contribution is 5.30. The maximum atomic E-state index is 8.49. The van der Waals surface area contributed by atoms with Crippen LogP contribution in [0.5, 0.6) is 0 Å². The number of anilines is 1. The minimum absolute atomic E-state index is 0.578. The van der Waals surface area contributed by atoms with Crippen molar-refractivity contribution in [2.75, 3.05) is 25.4 Å². The Kier molecular flexibility index (Phi) is 4.64. The van der Waals surface area contributed by atoms with E-state index in [0.29, 0.717) is 12.1 Å². The largest absolute Gasteiger partial charge is 0.396 e. The van der Waals surface area contributed by atoms with E-state index in [2.05, 4.69) is 23.0 Å². The Morgan fingerprint density at radius 3 is 2.93 bits per heavy atom. The topological polar surface area (TPSA) is 70.9 Å². The molecule has 0 aromatic carbocycles. The van der Waals surface area contributed by atoms with Crippen molar-refractivity contribution in [3.05, 3.63) is 12.4 Å². The van der Waals surface area contributed by atoms with E-state index >= 15 is 0 Å². The second-order valence-corrected chi connectivity index (χ2v) is 3.38. The molecule has 0 bridgehead atoms. The van der Waals surface area contributed by atoms with Gasteiger partial charge in [0.25, 0.3) is 0 Å². The van der Waals surface area contributed by atoms with E-state index in [4.69, 9.17) is 11.0 Å². The van der Waals surface area contributed by atoms with E-state index in [-0.39, 0.29) is 0 Å². The number of hydrogen-bond donors (Lipinski definition) is 1. The smallest absolute Gasteiger partial charge is 0.0719 e. The molecule has 0 radical (unpaired) electrons. The van der Waals surface area contributed by atoms with Crippen molar-refractivity contribution >= 4 is 5.69 Å². The molecule has 1 rings (SSSR count). The Hall–Kier alpha value is -1.54. The summed E-state index contributed by atoms with van der Waals surface area (Å²) < 4.78 is 1.82. The summed E-state index contributed by atoms with van der Waals surface area (Å²) in [5.41, 5.74) is 6.25. The van der Waals surface area contributed by atoms with E-state index in [9.17, 15) is 0 Å². The van der Waals surface area contributed by atoms with Gasteiger partial charge in [0.15, 0.2) is 0 Å². The van der Waals surface area contributed by atoms with Gasteiger partial charge in [-0.1, -0.05) is 6.92 Å². The van der Waals surface area contributed by atoms with Crippen LogP contribution in [0.25, 0.3) is 0 Å². The molecule has 0 atom stereocenters. The summed E-state index contributed by atoms with van der Waals surface area (Å²) in [6.07, 6.45) is 4.04. The van der Waals surface area contributed by atoms with Gasteiger partial charge in [-0.25, -0.2) is 0 Å². The number of hydrogen-bond acceptors (Lipinski definition) is 4. The molecule has 0 fully saturated rings. The minimum atomic E-state index is 0.578. The zero-order valence-electron chi connectivity index (χ0n) is 9.06. The summed E-state index contributed by atoms with van der Waals surface area (Å²) in [5, 5.41) is 12.6. The molecule has 1 heterocycles. The van der Waals surface area contributed by atoms with Crippen LogP contribution in [0.3, 0.4) is 0 Å². The maximum Gasteiger partial charge on any atom is 0.0719 e. The molecule has 1 aromatic rings. The van der Waals surface area contributed by atoms with Crippen LogP contribution >= 0.6 is 0 Å². The summed E-state index contributed by atoms with van der Waals surface area (Å²) in [6, 6.07) is 2.15. The first-order valence-electron chi connectivity index (χ1n) is 5.13. The van der Waals surface area contributed by atoms with Gasteiger partial charge in [0.2, 0.25) is 0 Å². The third-order valence-corrected chi connectivity index (χ3v) is 2.29. The summed E-state index contributed by atoms with van der Waals surface area (Å²) in [5.74, 6) is 0. The van der Waals surface area contributed by atoms with Crippen LogP contribution in [0.1, 0.15) is 13.3 Å². The lowest BCUT2D eigenvalue weighted by atomic mass is 10.4. The lowest BCUT2D eigenvalue weighted by Crippen LogP contribution is -2.28. The normalized spacial score (nSPS) is 10.5. The third-order valence-electron chi connectivity index (χ3n) is 2.29. The summed E-state index contributed by atoms with van der Waals surface area (Å²) in [6.45, 7) is 5.59. The molecular weight excluding hydrogens is 190 g/mol. The fraction of sp³-hybridized carbons (Fsp3) is 0.600. The number of nitrogens with zero attached hydrogens (tertiary/aromatic N) is 4. The fourth-order valence-corrected chi connectivity index (χ4v) is 1.38. The molecule has 0 spiro atoms. The summed E-state index contributed by atoms with van der Waals surface area (Å²) >= 11 is 0. The lowest BCUT2D eigenvalue weighted by Gasteiger charge is -2.18. The Bertz CT molecular complexity index is 325. The molecule has 82 valence electrons. The van der Waals surface area contributed by atoms with E-state index < -0.39 is 0 Å². The van der Waals surface area contributed by atoms with Crippen molar-refractivity contribution in [1.82, 2.24) is 14.7 Å². The SMILES string of the molecule is CCN(CCC#N)CCn1cc(N)cn1. The van der Waals surface area contributed by atoms with Crippen molar-refractivity contribution < 1.29 is 0 Å². The monoisotopic (exact) mass is 207 g/mol. The molecule has 5 heteroatoms. The van der Waals surface area contributed by atoms with E-state index in [1.807, 2.05) is 10.9 Å². The first-order valence-corrected chi connectivity index (χ1v) is 5.13. The van der Waals surface area contributed by atoms with Crippen molar-refractivity contribution in [2.24, 2.45) is 0 Å². The van der Waals surface area contributed by atoms with Crippen molar-refractivity contribution in [1.29, 1.82) is 5.26 Å². The van der Waals surface area contributed by atoms with Gasteiger partial charge in [0.1, 0.15) is 0 Å². The fourth-order valence-electron chi connectivity index (χ4n) is 1.38. The van der Waals surface area contributed by atoms with Crippen LogP contribution < -0.4 is 5.73 Å². The molecule has 0 saturated carbocycles. The molecule has 0 aliphatic carbocycles. The highest BCUT2D eigenvalue weighted by Crippen LogP contribution is 1.98. The van der Waals surface area contributed by atoms with Gasteiger partial charge in [0.05, 0.1) is 24.5 Å². The molecule has 5 nitrogen and oxygen atoms in total. The quantitative estimate of drug-likeness (QED) is 0.745. The van der Waals surface area contributed by atoms with E-state index in [0.717, 1.165) is 26.2 Å². The van der Waals surface area contributed by atoms with Gasteiger partial charge in [-0.15, -0.1) is 0 Å². The second-order valence-electron chi connectivity index (χ2n) is 3.38. The maximum absolute atomic E-state index is 8.49. The molecule has 1 aromatic heterocycles. The van der Waals surface area contributed by atoms with Crippen LogP contribution in [-0.4, -0.2) is 34.3 Å². The molecule has 15 heavy (non-hydrogen) atoms. The van der Waals surface area contributed by atoms with Gasteiger partial charge in [-0.3, -0.25) is 4.68 Å². The Balaban J connectivity index is 2.31. The predicted octanol–water partition coefficient (Wildman–Crippen LogP) is 0.701. The number of rotatable bonds is 6. The van der Waals surface area contributed by atoms with Crippen LogP contribution in [0.4, 0.5) is 5.69 Å². The van der Waals surface area contributed by atoms with Crippen molar-refractivity contribution in [3.8, 4) is 6.07 Å². The standard InChI is InChI=1S/C10H17N5/c1-2-14(5-3-4-11)6-7-15-9-10(12)8-13-15/h8-9H,2-3,5-7,12H2,1H3. The number of likely N-dealkylation sites (N-methyl/N-ethyl adjacent to an activating group) is 1. The zero-order chi connectivity index (χ0) is 11.1. The summed E-state index contributed by atoms with van der Waals surface area (Å²) in [7, 11) is 0. The average molecular weight is 207 g/mol. The molecule has 0 saturated heterocycles. The molecule has 0 unspecified atom stereocenters. The van der Waals surface area contributed by atoms with Crippen LogP contribution in [0.15, 0.2) is 12.4 Å². The first-order chi connectivity index (χ1) is 7.26. The highest BCUT2D eigenvalue weighted by atomic mass is 15.3. The van der Waals surface area contributed by atoms with E-state index in [1.54, 1.807) is 6.20 Å². The molecule has 0 aliphatic rings. The number of nitriles is 1. The molecular formula is C10H17N5. The van der Waals surface area contributed by atoms with Gasteiger partial charge >= 0.3 is 0 Å². The molecule has 2 N–H and O–H groups in total. The highest BCUT2D eigenvalue weighted by Gasteiger charge is 2.02. The lowest BCUT2D eigenvalue weighted by molar-refractivity contribution is 0.277. The average Bonchev–Trinajstić information content (AvgIpc) is 2.65. The second kappa shape index (κ2) is 6.04. The Morgan fingerprint density at radius 1 is 1.60 bits per heavy atom. The molecule has 0 aliphatic heterocycles. The van der Waals surface area contributed by atoms with Crippen LogP contribution in [-0.2, 0) is 6.54 Å². The zero-order valence-corrected chi connectivity index (χ0v) is 9.06. The van der Waals surface area contributed by atoms with E-state index in [1.165, 1.54) is 0 Å². The number of nitrogen functional groups attached to an aromatic ring is 1. The predicted molar refractivity (Wildman–Crippen MR) is 59.0 cm³/mol. The van der Waals surface area contributed by atoms with Crippen molar-refractivity contribution in [2.45, 2.75) is 19.9 Å². The third kappa shape index (κ3) is 4.00. The van der Waals surface area contributed by atoms with Gasteiger partial charge in [-0.05, 0) is 6.54 Å². The van der Waals surface area contributed by atoms with Gasteiger partial charge in [-0.2, -0.15) is 10.4 Å². The Morgan fingerprint density at radius 2 is 2.40 bits per heavy atom. The first kappa shape index (κ1) is 11.5. The molecule has 0 amide bonds. The Labute approximate surface area is 90.1 Å². The van der Waals surface area contributed by atoms with Crippen molar-refractivity contribution in [3.63, 3.8) is 0 Å². The van der Waals surface area contributed by atoms with Crippen LogP contribution in [0.2, 0.25) is 0 Å².